The van der Waals surface area contributed by atoms with Crippen molar-refractivity contribution in [3.8, 4) is 11.5 Å². The van der Waals surface area contributed by atoms with Gasteiger partial charge in [0.25, 0.3) is 0 Å². The molecule has 0 saturated carbocycles. The molecule has 4 rings (SSSR count). The summed E-state index contributed by atoms with van der Waals surface area (Å²) < 4.78 is 29.3. The molecule has 0 aliphatic carbocycles. The first-order valence-corrected chi connectivity index (χ1v) is 98.5. The fourth-order valence-electron chi connectivity index (χ4n) is 4.24. The second-order valence-corrected chi connectivity index (χ2v) is 111. The summed E-state index contributed by atoms with van der Waals surface area (Å²) in [5, 5.41) is 0.845. The van der Waals surface area contributed by atoms with E-state index >= 15 is 0 Å². The maximum Gasteiger partial charge on any atom is 0.537 e. The Balaban J connectivity index is 0.000000625. The molecule has 0 aliphatic rings. The fraction of sp³-hybridized carbons (Fsp3) is 0.188. The van der Waals surface area contributed by atoms with Gasteiger partial charge in [-0.25, -0.2) is 9.59 Å². The van der Waals surface area contributed by atoms with E-state index in [1.54, 1.807) is 167 Å². The molecular formula is C32H33IO7S56Si. The highest BCUT2D eigenvalue weighted by molar-refractivity contribution is 14.1. The van der Waals surface area contributed by atoms with Gasteiger partial charge in [-0.05, 0) is 104 Å². The van der Waals surface area contributed by atoms with E-state index in [1.807, 2.05) is 425 Å². The number of benzene rings is 4. The second-order valence-electron chi connectivity index (χ2n) is 12.0. The van der Waals surface area contributed by atoms with Gasteiger partial charge >= 0.3 is 20.7 Å². The van der Waals surface area contributed by atoms with E-state index in [-0.39, 0.29) is 5.97 Å². The van der Waals surface area contributed by atoms with Crippen LogP contribution in [0.2, 0.25) is 0 Å². The van der Waals surface area contributed by atoms with Crippen LogP contribution in [-0.4, -0.2) is 40.6 Å². The van der Waals surface area contributed by atoms with E-state index in [0.29, 0.717) is 42.4 Å². The quantitative estimate of drug-likeness (QED) is 0.0721. The third-order valence-electron chi connectivity index (χ3n) is 6.94. The van der Waals surface area contributed by atoms with Crippen molar-refractivity contribution in [2.75, 3.05) is 19.8 Å². The minimum Gasteiger partial charge on any atom is -0.423 e. The molecule has 550 valence electrons. The number of hydrogen-bond acceptors (Lipinski definition) is 9. The van der Waals surface area contributed by atoms with Crippen molar-refractivity contribution >= 4 is 550 Å². The third kappa shape index (κ3) is 63.9. The van der Waals surface area contributed by atoms with Gasteiger partial charge in [0.2, 0.25) is 0 Å². The summed E-state index contributed by atoms with van der Waals surface area (Å²) in [6.07, 6.45) is 0. The minimum atomic E-state index is -2.94. The van der Waals surface area contributed by atoms with E-state index in [9.17, 15) is 9.59 Å². The van der Waals surface area contributed by atoms with Gasteiger partial charge in [-0.15, -0.1) is 0 Å². The van der Waals surface area contributed by atoms with Crippen LogP contribution in [0.4, 0.5) is 0 Å². The van der Waals surface area contributed by atoms with Crippen LogP contribution in [0.25, 0.3) is 0 Å². The van der Waals surface area contributed by atoms with Gasteiger partial charge in [-0.2, -0.15) is 0 Å². The Labute approximate surface area is 740 Å². The molecule has 0 fully saturated rings. The molecule has 0 N–H and O–H groups in total. The fourth-order valence-corrected chi connectivity index (χ4v) is 150. The van der Waals surface area contributed by atoms with E-state index in [4.69, 9.17) is 45.1 Å². The van der Waals surface area contributed by atoms with Crippen LogP contribution in [0.1, 0.15) is 41.5 Å². The monoisotopic (exact) mass is 2470 g/mol. The molecule has 0 radical (unpaired) electrons. The van der Waals surface area contributed by atoms with Crippen LogP contribution in [0.15, 0.2) is 109 Å². The molecule has 0 bridgehead atoms. The standard InChI is InChI=1S/C19H24O5Si.C13H9IO2.S56/c1-4-21-25(22-5-2,23-6-3)18-14-12-17(13-15-18)24-19(20)16-10-8-7-9-11-16;14-11-6-8-12(9-7-11)16-13(15)10-4-2-1-3-5-10;1-3-5-7-9-11-13-15-17-19-21-23-25-27-29-31-33-35-37-39-41-43-45-47-49-51-53-55-56-54-52-50-48-46-44-42-40-38-36-34-32-30-28-26-24-22-20-18-16-14-12-10-8-6-4-2/h7-15H,4-6H2,1-3H3;1-9H;. The van der Waals surface area contributed by atoms with Crippen LogP contribution in [0.3, 0.4) is 0 Å². The lowest BCUT2D eigenvalue weighted by Gasteiger charge is -2.28. The molecule has 0 amide bonds. The first-order valence-electron chi connectivity index (χ1n) is 22.4. The van der Waals surface area contributed by atoms with Gasteiger partial charge < -0.3 is 22.8 Å². The molecule has 0 atom stereocenters. The molecule has 7 nitrogen and oxygen atoms in total. The van der Waals surface area contributed by atoms with Crippen molar-refractivity contribution < 1.29 is 32.3 Å². The summed E-state index contributed by atoms with van der Waals surface area (Å²) in [5.74, 6) is 0.303. The van der Waals surface area contributed by atoms with Crippen molar-refractivity contribution in [3.05, 3.63) is 124 Å². The normalized spacial score (nSPS) is 9.03. The molecule has 0 saturated heterocycles. The molecule has 4 aromatic carbocycles. The number of halogens is 1. The van der Waals surface area contributed by atoms with Crippen LogP contribution < -0.4 is 14.7 Å². The summed E-state index contributed by atoms with van der Waals surface area (Å²) in [6, 6.07) is 32.3. The number of carbonyl (C=O) groups excluding carboxylic acids is 2. The van der Waals surface area contributed by atoms with Crippen molar-refractivity contribution in [2.45, 2.75) is 20.8 Å². The molecule has 97 heavy (non-hydrogen) atoms. The smallest absolute Gasteiger partial charge is 0.423 e. The zero-order valence-electron chi connectivity index (χ0n) is 46.1. The van der Waals surface area contributed by atoms with Crippen molar-refractivity contribution in [1.82, 2.24) is 0 Å². The predicted octanol–water partition coefficient (Wildman–Crippen LogP) is 6.54. The lowest BCUT2D eigenvalue weighted by molar-refractivity contribution is 0.0725. The van der Waals surface area contributed by atoms with E-state index < -0.39 is 14.8 Å². The molecule has 0 spiro atoms. The van der Waals surface area contributed by atoms with Crippen molar-refractivity contribution in [3.63, 3.8) is 0 Å². The number of esters is 2. The van der Waals surface area contributed by atoms with Gasteiger partial charge in [-0.3, -0.25) is 0 Å². The number of rotatable bonds is 11. The van der Waals surface area contributed by atoms with E-state index in [1.165, 1.54) is 17.8 Å². The van der Waals surface area contributed by atoms with E-state index in [0.717, 1.165) is 8.76 Å². The number of carbonyl (C=O) groups is 2. The molecule has 4 aromatic rings. The molecule has 65 heteroatoms. The van der Waals surface area contributed by atoms with Crippen molar-refractivity contribution in [1.29, 1.82) is 0 Å². The number of ether oxygens (including phenoxy) is 2. The summed E-state index contributed by atoms with van der Waals surface area (Å²) in [5.41, 5.74) is 1.06. The van der Waals surface area contributed by atoms with Crippen LogP contribution >= 0.6 is 22.6 Å². The molecular weight excluding hydrogens is 2450 g/mol. The summed E-state index contributed by atoms with van der Waals surface area (Å²) >= 11 is 11.8. The Morgan fingerprint density at radius 3 is 0.660 bits per heavy atom. The lowest BCUT2D eigenvalue weighted by atomic mass is 10.2. The van der Waals surface area contributed by atoms with Gasteiger partial charge in [0.1, 0.15) is 11.5 Å². The number of hydrogen-bond donors (Lipinski definition) is 0. The molecule has 0 heterocycles. The Kier molecular flexibility index (Phi) is 84.3. The lowest BCUT2D eigenvalue weighted by Crippen LogP contribution is -2.56. The van der Waals surface area contributed by atoms with Crippen LogP contribution in [0.5, 0.6) is 11.5 Å². The molecule has 0 unspecified atom stereocenters. The van der Waals surface area contributed by atoms with Gasteiger partial charge in [-0.1, -0.05) is 48.5 Å². The molecule has 0 aliphatic heterocycles. The zero-order chi connectivity index (χ0) is 69.7. The summed E-state index contributed by atoms with van der Waals surface area (Å²) in [6.45, 7) is 7.23. The van der Waals surface area contributed by atoms with Gasteiger partial charge in [0, 0.05) is 531 Å². The minimum absolute atomic E-state index is 0.332. The molecule has 0 aromatic heterocycles. The zero-order valence-corrected chi connectivity index (χ0v) is 95.0. The van der Waals surface area contributed by atoms with Crippen LogP contribution in [0, 0.1) is 3.57 Å². The predicted molar refractivity (Wildman–Crippen MR) is 581 cm³/mol. The van der Waals surface area contributed by atoms with E-state index in [2.05, 4.69) is 22.6 Å². The highest BCUT2D eigenvalue weighted by Gasteiger charge is 2.43. The Morgan fingerprint density at radius 1 is 0.289 bits per heavy atom. The second kappa shape index (κ2) is 80.2. The maximum absolute atomic E-state index is 12.1. The highest BCUT2D eigenvalue weighted by Crippen LogP contribution is 2.17. The first kappa shape index (κ1) is 102. The summed E-state index contributed by atoms with van der Waals surface area (Å²) in [7, 11) is 93.8. The first-order chi connectivity index (χ1) is 47.8. The topological polar surface area (TPSA) is 80.3 Å². The average molecular weight is 2480 g/mol. The third-order valence-corrected chi connectivity index (χ3v) is 128. The van der Waals surface area contributed by atoms with Crippen LogP contribution in [-0.2, 0) is 515 Å². The summed E-state index contributed by atoms with van der Waals surface area (Å²) in [4.78, 5) is 23.8. The maximum atomic E-state index is 12.1. The largest absolute Gasteiger partial charge is 0.537 e. The SMILES string of the molecule is CCO[Si](OCC)(OCC)c1ccc(OC(=O)c2ccccc2)cc1.O=C(Oc1ccc(I)cc1)c1ccccc1.S=S=S=S=S=S=S=S=S=S=S=S=S=S=S=S=S=S=S=S=S=S=S=S=S=S=S=S=S=S=S=S=S=S=S=S=S=S=S=S=S=S=S=S=S=S=S=S=S=S=S=S=S=S=S=S. The highest BCUT2D eigenvalue weighted by atomic mass is 127. The Hall–Kier alpha value is 8.97. The Bertz CT molecular complexity index is 5760. The van der Waals surface area contributed by atoms with Crippen molar-refractivity contribution in [2.24, 2.45) is 0 Å². The van der Waals surface area contributed by atoms with Gasteiger partial charge in [0.05, 0.1) is 11.1 Å². The Morgan fingerprint density at radius 2 is 0.474 bits per heavy atom. The average Bonchev–Trinajstić information content (AvgIpc) is 0.869. The van der Waals surface area contributed by atoms with Gasteiger partial charge in [0.15, 0.2) is 0 Å².